The van der Waals surface area contributed by atoms with Crippen molar-refractivity contribution in [2.75, 3.05) is 18.6 Å². The molecule has 0 spiro atoms. The van der Waals surface area contributed by atoms with Crippen molar-refractivity contribution >= 4 is 35.5 Å². The molecule has 0 aromatic heterocycles. The topological polar surface area (TPSA) is 185 Å². The van der Waals surface area contributed by atoms with Gasteiger partial charge in [0.1, 0.15) is 12.1 Å². The van der Waals surface area contributed by atoms with Crippen LogP contribution in [0.5, 0.6) is 0 Å². The Bertz CT molecular complexity index is 447. The quantitative estimate of drug-likeness (QED) is 0.227. The summed E-state index contributed by atoms with van der Waals surface area (Å²) in [7, 11) is 0. The van der Waals surface area contributed by atoms with E-state index in [2.05, 4.69) is 10.6 Å². The number of aliphatic hydroxyl groups excluding tert-OH is 1. The van der Waals surface area contributed by atoms with Crippen LogP contribution in [-0.4, -0.2) is 70.6 Å². The number of nitrogens with two attached hydrogens (primary N) is 2. The molecule has 0 rings (SSSR count). The van der Waals surface area contributed by atoms with Gasteiger partial charge >= 0.3 is 5.97 Å². The fourth-order valence-corrected chi connectivity index (χ4v) is 2.02. The number of aliphatic hydroxyl groups is 1. The lowest BCUT2D eigenvalue weighted by molar-refractivity contribution is -0.143. The van der Waals surface area contributed by atoms with Gasteiger partial charge in [-0.3, -0.25) is 14.4 Å². The average molecular weight is 350 g/mol. The number of carbonyl (C=O) groups is 4. The molecule has 8 N–H and O–H groups in total. The van der Waals surface area contributed by atoms with Crippen LogP contribution in [0, 0.1) is 0 Å². The Morgan fingerprint density at radius 3 is 2.13 bits per heavy atom. The van der Waals surface area contributed by atoms with Gasteiger partial charge in [0.25, 0.3) is 0 Å². The second-order valence-electron chi connectivity index (χ2n) is 4.70. The summed E-state index contributed by atoms with van der Waals surface area (Å²) in [5, 5.41) is 22.2. The van der Waals surface area contributed by atoms with Gasteiger partial charge in [0.2, 0.25) is 17.7 Å². The normalized spacial score (nSPS) is 14.4. The SMILES string of the molecule is CSCCC(NC(=O)C(N)CC(N)=O)C(=O)NC(CO)C(=O)O. The number of carboxylic acids is 1. The van der Waals surface area contributed by atoms with E-state index in [1.165, 1.54) is 11.8 Å². The molecule has 0 aromatic carbocycles. The van der Waals surface area contributed by atoms with E-state index < -0.39 is 48.4 Å². The van der Waals surface area contributed by atoms with E-state index in [1.807, 2.05) is 0 Å². The molecule has 23 heavy (non-hydrogen) atoms. The van der Waals surface area contributed by atoms with E-state index >= 15 is 0 Å². The Kier molecular flexibility index (Phi) is 9.94. The predicted molar refractivity (Wildman–Crippen MR) is 83.4 cm³/mol. The van der Waals surface area contributed by atoms with Crippen molar-refractivity contribution in [3.63, 3.8) is 0 Å². The summed E-state index contributed by atoms with van der Waals surface area (Å²) < 4.78 is 0. The van der Waals surface area contributed by atoms with Crippen LogP contribution in [0.4, 0.5) is 0 Å². The number of hydrogen-bond donors (Lipinski definition) is 6. The number of thioether (sulfide) groups is 1. The lowest BCUT2D eigenvalue weighted by Gasteiger charge is -2.21. The maximum absolute atomic E-state index is 12.1. The molecule has 0 radical (unpaired) electrons. The maximum atomic E-state index is 12.1. The molecule has 3 atom stereocenters. The molecule has 132 valence electrons. The Hall–Kier alpha value is -1.85. The standard InChI is InChI=1S/C12H22N4O6S/c1-23-3-2-7(11(20)16-8(5-17)12(21)22)15-10(19)6(13)4-9(14)18/h6-8,17H,2-5,13H2,1H3,(H2,14,18)(H,15,19)(H,16,20)(H,21,22). The van der Waals surface area contributed by atoms with Gasteiger partial charge in [0.15, 0.2) is 0 Å². The number of rotatable bonds is 11. The molecule has 0 bridgehead atoms. The number of nitrogens with one attached hydrogen (secondary N) is 2. The van der Waals surface area contributed by atoms with Gasteiger partial charge in [-0.2, -0.15) is 11.8 Å². The van der Waals surface area contributed by atoms with Gasteiger partial charge in [-0.15, -0.1) is 0 Å². The van der Waals surface area contributed by atoms with Crippen LogP contribution in [0.1, 0.15) is 12.8 Å². The zero-order chi connectivity index (χ0) is 18.0. The molecule has 0 heterocycles. The lowest BCUT2D eigenvalue weighted by atomic mass is 10.1. The summed E-state index contributed by atoms with van der Waals surface area (Å²) in [5.74, 6) is -3.16. The highest BCUT2D eigenvalue weighted by Crippen LogP contribution is 2.03. The van der Waals surface area contributed by atoms with E-state index in [0.717, 1.165) is 0 Å². The van der Waals surface area contributed by atoms with Crippen molar-refractivity contribution in [3.8, 4) is 0 Å². The zero-order valence-corrected chi connectivity index (χ0v) is 13.5. The zero-order valence-electron chi connectivity index (χ0n) is 12.7. The van der Waals surface area contributed by atoms with E-state index in [4.69, 9.17) is 21.7 Å². The fourth-order valence-electron chi connectivity index (χ4n) is 1.55. The van der Waals surface area contributed by atoms with Crippen LogP contribution in [0.2, 0.25) is 0 Å². The van der Waals surface area contributed by atoms with Gasteiger partial charge < -0.3 is 32.3 Å². The number of amides is 3. The molecule has 3 unspecified atom stereocenters. The highest BCUT2D eigenvalue weighted by molar-refractivity contribution is 7.98. The highest BCUT2D eigenvalue weighted by atomic mass is 32.2. The molecule has 0 aromatic rings. The number of hydrogen-bond acceptors (Lipinski definition) is 7. The Morgan fingerprint density at radius 2 is 1.70 bits per heavy atom. The Morgan fingerprint density at radius 1 is 1.13 bits per heavy atom. The van der Waals surface area contributed by atoms with E-state index in [9.17, 15) is 19.2 Å². The predicted octanol–water partition coefficient (Wildman–Crippen LogP) is -3.01. The molecule has 0 aliphatic carbocycles. The van der Waals surface area contributed by atoms with E-state index in [1.54, 1.807) is 6.26 Å². The first kappa shape index (κ1) is 21.1. The van der Waals surface area contributed by atoms with Crippen molar-refractivity contribution in [3.05, 3.63) is 0 Å². The summed E-state index contributed by atoms with van der Waals surface area (Å²) in [6.07, 6.45) is 1.64. The van der Waals surface area contributed by atoms with Crippen LogP contribution < -0.4 is 22.1 Å². The Labute approximate surface area is 137 Å². The Balaban J connectivity index is 4.85. The molecule has 0 aliphatic rings. The summed E-state index contributed by atoms with van der Waals surface area (Å²) in [6.45, 7) is -0.786. The third kappa shape index (κ3) is 8.38. The molecule has 10 nitrogen and oxygen atoms in total. The largest absolute Gasteiger partial charge is 0.480 e. The third-order valence-corrected chi connectivity index (χ3v) is 3.44. The van der Waals surface area contributed by atoms with Crippen molar-refractivity contribution in [2.45, 2.75) is 31.0 Å². The van der Waals surface area contributed by atoms with Gasteiger partial charge in [-0.05, 0) is 18.4 Å². The van der Waals surface area contributed by atoms with E-state index in [0.29, 0.717) is 5.75 Å². The van der Waals surface area contributed by atoms with Crippen molar-refractivity contribution in [1.82, 2.24) is 10.6 Å². The first-order valence-electron chi connectivity index (χ1n) is 6.70. The van der Waals surface area contributed by atoms with Crippen LogP contribution in [0.3, 0.4) is 0 Å². The molecule has 0 fully saturated rings. The van der Waals surface area contributed by atoms with Crippen LogP contribution >= 0.6 is 11.8 Å². The third-order valence-electron chi connectivity index (χ3n) is 2.80. The summed E-state index contributed by atoms with van der Waals surface area (Å²) >= 11 is 1.42. The number of aliphatic carboxylic acids is 1. The molecule has 0 aliphatic heterocycles. The fraction of sp³-hybridized carbons (Fsp3) is 0.667. The summed E-state index contributed by atoms with van der Waals surface area (Å²) in [5.41, 5.74) is 10.4. The molecular weight excluding hydrogens is 328 g/mol. The second kappa shape index (κ2) is 10.8. The summed E-state index contributed by atoms with van der Waals surface area (Å²) in [6, 6.07) is -3.72. The number of carboxylic acid groups (broad SMARTS) is 1. The minimum Gasteiger partial charge on any atom is -0.480 e. The number of carbonyl (C=O) groups excluding carboxylic acids is 3. The van der Waals surface area contributed by atoms with Crippen LogP contribution in [0.15, 0.2) is 0 Å². The minimum atomic E-state index is -1.48. The second-order valence-corrected chi connectivity index (χ2v) is 5.69. The van der Waals surface area contributed by atoms with Gasteiger partial charge in [0.05, 0.1) is 19.1 Å². The van der Waals surface area contributed by atoms with Crippen LogP contribution in [-0.2, 0) is 19.2 Å². The minimum absolute atomic E-state index is 0.222. The molecule has 0 saturated carbocycles. The lowest BCUT2D eigenvalue weighted by Crippen LogP contribution is -2.55. The van der Waals surface area contributed by atoms with Crippen molar-refractivity contribution < 1.29 is 29.4 Å². The van der Waals surface area contributed by atoms with Gasteiger partial charge in [-0.1, -0.05) is 0 Å². The van der Waals surface area contributed by atoms with Crippen LogP contribution in [0.25, 0.3) is 0 Å². The highest BCUT2D eigenvalue weighted by Gasteiger charge is 2.27. The average Bonchev–Trinajstić information content (AvgIpc) is 2.47. The molecule has 3 amide bonds. The van der Waals surface area contributed by atoms with E-state index in [-0.39, 0.29) is 12.8 Å². The summed E-state index contributed by atoms with van der Waals surface area (Å²) in [4.78, 5) is 45.5. The number of primary amides is 1. The monoisotopic (exact) mass is 350 g/mol. The van der Waals surface area contributed by atoms with Gasteiger partial charge in [-0.25, -0.2) is 4.79 Å². The first-order chi connectivity index (χ1) is 10.7. The maximum Gasteiger partial charge on any atom is 0.328 e. The first-order valence-corrected chi connectivity index (χ1v) is 8.09. The molecule has 11 heteroatoms. The smallest absolute Gasteiger partial charge is 0.328 e. The molecular formula is C12H22N4O6S. The van der Waals surface area contributed by atoms with Crippen molar-refractivity contribution in [1.29, 1.82) is 0 Å². The van der Waals surface area contributed by atoms with Gasteiger partial charge in [0, 0.05) is 0 Å². The van der Waals surface area contributed by atoms with Crippen molar-refractivity contribution in [2.24, 2.45) is 11.5 Å². The molecule has 0 saturated heterocycles.